The summed E-state index contributed by atoms with van der Waals surface area (Å²) in [7, 11) is -4.26. The van der Waals surface area contributed by atoms with E-state index in [0.29, 0.717) is 0 Å². The standard InChI is InChI=1S/C18H14O8S/c1-9(19)13-5-3-12(8-16(13)18(23)24)27(25,26)11-4-6-14(17(21)22)15(7-11)10(2)20/h3-8H,1-2H3,(H,21,22)(H,23,24). The van der Waals surface area contributed by atoms with Gasteiger partial charge in [-0.3, -0.25) is 9.59 Å². The van der Waals surface area contributed by atoms with Gasteiger partial charge in [-0.05, 0) is 50.2 Å². The third-order valence-electron chi connectivity index (χ3n) is 3.82. The second-order valence-electron chi connectivity index (χ2n) is 5.64. The van der Waals surface area contributed by atoms with Crippen molar-refractivity contribution in [3.63, 3.8) is 0 Å². The van der Waals surface area contributed by atoms with E-state index in [2.05, 4.69) is 0 Å². The summed E-state index contributed by atoms with van der Waals surface area (Å²) in [6.45, 7) is 2.25. The van der Waals surface area contributed by atoms with Gasteiger partial charge in [-0.15, -0.1) is 0 Å². The predicted octanol–water partition coefficient (Wildman–Crippen LogP) is 2.32. The summed E-state index contributed by atoms with van der Waals surface area (Å²) < 4.78 is 25.6. The molecule has 0 aromatic heterocycles. The molecule has 140 valence electrons. The first-order valence-electron chi connectivity index (χ1n) is 7.48. The Morgan fingerprint density at radius 3 is 1.48 bits per heavy atom. The van der Waals surface area contributed by atoms with Gasteiger partial charge in [-0.25, -0.2) is 18.0 Å². The monoisotopic (exact) mass is 390 g/mol. The van der Waals surface area contributed by atoms with Gasteiger partial charge in [0, 0.05) is 11.1 Å². The number of hydrogen-bond acceptors (Lipinski definition) is 6. The molecular weight excluding hydrogens is 376 g/mol. The van der Waals surface area contributed by atoms with Crippen molar-refractivity contribution in [3.05, 3.63) is 58.7 Å². The van der Waals surface area contributed by atoms with Gasteiger partial charge in [0.05, 0.1) is 20.9 Å². The number of sulfone groups is 1. The molecule has 2 aromatic rings. The Bertz CT molecular complexity index is 1010. The molecule has 0 bridgehead atoms. The van der Waals surface area contributed by atoms with Crippen molar-refractivity contribution in [3.8, 4) is 0 Å². The molecular formula is C18H14O8S. The van der Waals surface area contributed by atoms with Crippen molar-refractivity contribution < 1.29 is 37.8 Å². The quantitative estimate of drug-likeness (QED) is 0.715. The highest BCUT2D eigenvalue weighted by molar-refractivity contribution is 7.91. The fraction of sp³-hybridized carbons (Fsp3) is 0.111. The van der Waals surface area contributed by atoms with Crippen molar-refractivity contribution in [1.82, 2.24) is 0 Å². The van der Waals surface area contributed by atoms with Crippen LogP contribution < -0.4 is 0 Å². The third kappa shape index (κ3) is 3.77. The number of aromatic carboxylic acids is 2. The van der Waals surface area contributed by atoms with Crippen LogP contribution in [-0.4, -0.2) is 42.1 Å². The molecule has 8 nitrogen and oxygen atoms in total. The number of carboxylic acid groups (broad SMARTS) is 2. The first-order valence-corrected chi connectivity index (χ1v) is 8.96. The Morgan fingerprint density at radius 2 is 1.07 bits per heavy atom. The SMILES string of the molecule is CC(=O)c1cc(S(=O)(=O)c2ccc(C(C)=O)c(C(=O)O)c2)ccc1C(=O)O. The van der Waals surface area contributed by atoms with Gasteiger partial charge in [0.25, 0.3) is 0 Å². The molecule has 27 heavy (non-hydrogen) atoms. The molecule has 0 atom stereocenters. The lowest BCUT2D eigenvalue weighted by Crippen LogP contribution is -2.11. The van der Waals surface area contributed by atoms with E-state index < -0.39 is 43.8 Å². The second kappa shape index (κ2) is 7.12. The zero-order valence-electron chi connectivity index (χ0n) is 14.2. The molecule has 2 rings (SSSR count). The van der Waals surface area contributed by atoms with Crippen LogP contribution in [-0.2, 0) is 9.84 Å². The van der Waals surface area contributed by atoms with E-state index in [0.717, 1.165) is 50.2 Å². The molecule has 2 N–H and O–H groups in total. The molecule has 0 saturated carbocycles. The topological polar surface area (TPSA) is 143 Å². The van der Waals surface area contributed by atoms with E-state index in [1.54, 1.807) is 0 Å². The molecule has 0 heterocycles. The Morgan fingerprint density at radius 1 is 0.667 bits per heavy atom. The summed E-state index contributed by atoms with van der Waals surface area (Å²) in [4.78, 5) is 44.9. The summed E-state index contributed by atoms with van der Waals surface area (Å²) in [5.74, 6) is -4.03. The van der Waals surface area contributed by atoms with Gasteiger partial charge >= 0.3 is 11.9 Å². The second-order valence-corrected chi connectivity index (χ2v) is 7.59. The normalized spacial score (nSPS) is 11.0. The Kier molecular flexibility index (Phi) is 5.27. The maximum Gasteiger partial charge on any atom is 0.336 e. The van der Waals surface area contributed by atoms with Gasteiger partial charge in [-0.1, -0.05) is 0 Å². The molecule has 9 heteroatoms. The van der Waals surface area contributed by atoms with Crippen LogP contribution in [0.15, 0.2) is 46.2 Å². The number of benzene rings is 2. The first kappa shape index (κ1) is 20.0. The van der Waals surface area contributed by atoms with Crippen molar-refractivity contribution in [2.45, 2.75) is 23.6 Å². The van der Waals surface area contributed by atoms with E-state index >= 15 is 0 Å². The fourth-order valence-corrected chi connectivity index (χ4v) is 3.79. The number of Topliss-reactive ketones (excluding diaryl/α,β-unsaturated/α-hetero) is 2. The number of hydrogen-bond donors (Lipinski definition) is 2. The lowest BCUT2D eigenvalue weighted by molar-refractivity contribution is 0.0683. The third-order valence-corrected chi connectivity index (χ3v) is 5.57. The Labute approximate surface area is 154 Å². The summed E-state index contributed by atoms with van der Waals surface area (Å²) >= 11 is 0. The van der Waals surface area contributed by atoms with Crippen LogP contribution in [0.25, 0.3) is 0 Å². The van der Waals surface area contributed by atoms with Crippen LogP contribution in [0.5, 0.6) is 0 Å². The van der Waals surface area contributed by atoms with Gasteiger partial charge in [-0.2, -0.15) is 0 Å². The molecule has 2 aromatic carbocycles. The molecule has 0 aliphatic heterocycles. The average Bonchev–Trinajstić information content (AvgIpc) is 2.60. The van der Waals surface area contributed by atoms with Gasteiger partial charge in [0.1, 0.15) is 0 Å². The molecule has 0 radical (unpaired) electrons. The highest BCUT2D eigenvalue weighted by Gasteiger charge is 2.24. The summed E-state index contributed by atoms with van der Waals surface area (Å²) in [6, 6.07) is 5.97. The number of carboxylic acids is 2. The average molecular weight is 390 g/mol. The zero-order valence-corrected chi connectivity index (χ0v) is 15.0. The van der Waals surface area contributed by atoms with Crippen LogP contribution in [0, 0.1) is 0 Å². The molecule has 0 amide bonds. The van der Waals surface area contributed by atoms with Gasteiger partial charge in [0.2, 0.25) is 9.84 Å². The molecule has 0 unspecified atom stereocenters. The van der Waals surface area contributed by atoms with Crippen LogP contribution in [0.4, 0.5) is 0 Å². The smallest absolute Gasteiger partial charge is 0.336 e. The number of ketones is 2. The van der Waals surface area contributed by atoms with Crippen molar-refractivity contribution in [2.24, 2.45) is 0 Å². The maximum atomic E-state index is 12.8. The van der Waals surface area contributed by atoms with E-state index in [-0.39, 0.29) is 21.6 Å². The number of carbonyl (C=O) groups excluding carboxylic acids is 2. The van der Waals surface area contributed by atoms with Crippen LogP contribution in [0.2, 0.25) is 0 Å². The number of rotatable bonds is 6. The molecule has 0 saturated heterocycles. The van der Waals surface area contributed by atoms with Crippen LogP contribution >= 0.6 is 0 Å². The van der Waals surface area contributed by atoms with Crippen molar-refractivity contribution in [1.29, 1.82) is 0 Å². The summed E-state index contributed by atoms with van der Waals surface area (Å²) in [5.41, 5.74) is -1.26. The Balaban J connectivity index is 2.69. The van der Waals surface area contributed by atoms with E-state index in [4.69, 9.17) is 5.11 Å². The fourth-order valence-electron chi connectivity index (χ4n) is 2.48. The van der Waals surface area contributed by atoms with Crippen molar-refractivity contribution in [2.75, 3.05) is 0 Å². The zero-order chi connectivity index (χ0) is 20.5. The van der Waals surface area contributed by atoms with Crippen molar-refractivity contribution >= 4 is 33.3 Å². The molecule has 0 spiro atoms. The minimum absolute atomic E-state index is 0.146. The van der Waals surface area contributed by atoms with Gasteiger partial charge < -0.3 is 10.2 Å². The van der Waals surface area contributed by atoms with Crippen LogP contribution in [0.1, 0.15) is 55.3 Å². The molecule has 0 aliphatic rings. The van der Waals surface area contributed by atoms with E-state index in [1.807, 2.05) is 0 Å². The maximum absolute atomic E-state index is 12.8. The highest BCUT2D eigenvalue weighted by atomic mass is 32.2. The minimum atomic E-state index is -4.26. The van der Waals surface area contributed by atoms with E-state index in [9.17, 15) is 32.7 Å². The first-order chi connectivity index (χ1) is 12.5. The summed E-state index contributed by atoms with van der Waals surface area (Å²) in [6.07, 6.45) is 0. The number of carbonyl (C=O) groups is 4. The van der Waals surface area contributed by atoms with Gasteiger partial charge in [0.15, 0.2) is 11.6 Å². The highest BCUT2D eigenvalue weighted by Crippen LogP contribution is 2.26. The largest absolute Gasteiger partial charge is 0.478 e. The molecule has 0 fully saturated rings. The predicted molar refractivity (Wildman–Crippen MR) is 92.3 cm³/mol. The minimum Gasteiger partial charge on any atom is -0.478 e. The molecule has 0 aliphatic carbocycles. The van der Waals surface area contributed by atoms with E-state index in [1.165, 1.54) is 0 Å². The lowest BCUT2D eigenvalue weighted by Gasteiger charge is -2.10. The summed E-state index contributed by atoms with van der Waals surface area (Å²) in [5, 5.41) is 18.3. The lowest BCUT2D eigenvalue weighted by atomic mass is 10.0. The Hall–Kier alpha value is -3.33. The van der Waals surface area contributed by atoms with Crippen LogP contribution in [0.3, 0.4) is 0 Å².